The summed E-state index contributed by atoms with van der Waals surface area (Å²) < 4.78 is 0. The van der Waals surface area contributed by atoms with E-state index < -0.39 is 0 Å². The van der Waals surface area contributed by atoms with Gasteiger partial charge in [0.1, 0.15) is 0 Å². The minimum absolute atomic E-state index is 0.0562. The molecule has 0 bridgehead atoms. The van der Waals surface area contributed by atoms with Gasteiger partial charge in [-0.15, -0.1) is 0 Å². The van der Waals surface area contributed by atoms with Gasteiger partial charge in [-0.05, 0) is 37.6 Å². The molecular formula is C13H25NO. The maximum absolute atomic E-state index is 10.0. The first-order chi connectivity index (χ1) is 7.18. The van der Waals surface area contributed by atoms with Gasteiger partial charge in [0.15, 0.2) is 0 Å². The van der Waals surface area contributed by atoms with Crippen molar-refractivity contribution in [2.45, 2.75) is 58.1 Å². The largest absolute Gasteiger partial charge is 0.391 e. The Kier molecular flexibility index (Phi) is 3.68. The number of likely N-dealkylation sites (tertiary alicyclic amines) is 1. The summed E-state index contributed by atoms with van der Waals surface area (Å²) in [5.41, 5.74) is 0. The molecule has 1 saturated heterocycles. The van der Waals surface area contributed by atoms with Crippen molar-refractivity contribution in [3.63, 3.8) is 0 Å². The number of aliphatic hydroxyl groups is 1. The van der Waals surface area contributed by atoms with E-state index in [1.165, 1.54) is 38.8 Å². The lowest BCUT2D eigenvalue weighted by molar-refractivity contribution is -0.00759. The lowest BCUT2D eigenvalue weighted by Crippen LogP contribution is -2.50. The van der Waals surface area contributed by atoms with Gasteiger partial charge in [0.25, 0.3) is 0 Å². The third-order valence-corrected chi connectivity index (χ3v) is 4.53. The van der Waals surface area contributed by atoms with Crippen LogP contribution in [0, 0.1) is 11.8 Å². The van der Waals surface area contributed by atoms with E-state index in [1.807, 2.05) is 0 Å². The number of piperidine rings is 1. The summed E-state index contributed by atoms with van der Waals surface area (Å²) in [5.74, 6) is 1.66. The molecule has 0 radical (unpaired) electrons. The van der Waals surface area contributed by atoms with Gasteiger partial charge in [-0.2, -0.15) is 0 Å². The summed E-state index contributed by atoms with van der Waals surface area (Å²) in [6.45, 7) is 7.11. The molecule has 2 heteroatoms. The Bertz CT molecular complexity index is 207. The van der Waals surface area contributed by atoms with Crippen LogP contribution < -0.4 is 0 Å². The van der Waals surface area contributed by atoms with Crippen molar-refractivity contribution in [1.82, 2.24) is 4.90 Å². The van der Waals surface area contributed by atoms with Gasteiger partial charge < -0.3 is 5.11 Å². The normalized spacial score (nSPS) is 44.2. The predicted octanol–water partition coefficient (Wildman–Crippen LogP) is 2.27. The molecule has 1 aliphatic carbocycles. The van der Waals surface area contributed by atoms with Crippen LogP contribution in [0.5, 0.6) is 0 Å². The Morgan fingerprint density at radius 2 is 1.73 bits per heavy atom. The molecule has 0 aromatic rings. The number of hydrogen-bond acceptors (Lipinski definition) is 2. The van der Waals surface area contributed by atoms with Gasteiger partial charge in [0.05, 0.1) is 6.10 Å². The Hall–Kier alpha value is -0.0800. The minimum atomic E-state index is -0.0562. The summed E-state index contributed by atoms with van der Waals surface area (Å²) in [7, 11) is 0. The quantitative estimate of drug-likeness (QED) is 0.719. The molecule has 2 aliphatic rings. The highest BCUT2D eigenvalue weighted by Crippen LogP contribution is 2.29. The average Bonchev–Trinajstić information content (AvgIpc) is 2.23. The van der Waals surface area contributed by atoms with E-state index in [2.05, 4.69) is 18.7 Å². The van der Waals surface area contributed by atoms with E-state index >= 15 is 0 Å². The smallest absolute Gasteiger partial charge is 0.0695 e. The zero-order chi connectivity index (χ0) is 10.8. The van der Waals surface area contributed by atoms with Crippen molar-refractivity contribution >= 4 is 0 Å². The van der Waals surface area contributed by atoms with Crippen molar-refractivity contribution in [3.8, 4) is 0 Å². The number of aliphatic hydroxyl groups excluding tert-OH is 1. The molecule has 15 heavy (non-hydrogen) atoms. The first kappa shape index (κ1) is 11.4. The SMILES string of the molecule is CC1CCN(C2CCCCC2O)CC1C. The summed E-state index contributed by atoms with van der Waals surface area (Å²) >= 11 is 0. The van der Waals surface area contributed by atoms with Crippen molar-refractivity contribution in [1.29, 1.82) is 0 Å². The predicted molar refractivity (Wildman–Crippen MR) is 62.8 cm³/mol. The van der Waals surface area contributed by atoms with Gasteiger partial charge in [-0.25, -0.2) is 0 Å². The molecular weight excluding hydrogens is 186 g/mol. The molecule has 0 amide bonds. The second-order valence-electron chi connectivity index (χ2n) is 5.66. The first-order valence-corrected chi connectivity index (χ1v) is 6.60. The third kappa shape index (κ3) is 2.54. The number of rotatable bonds is 1. The topological polar surface area (TPSA) is 23.5 Å². The van der Waals surface area contributed by atoms with E-state index in [4.69, 9.17) is 0 Å². The van der Waals surface area contributed by atoms with Crippen LogP contribution in [0.4, 0.5) is 0 Å². The summed E-state index contributed by atoms with van der Waals surface area (Å²) in [5, 5.41) is 10.0. The van der Waals surface area contributed by atoms with Crippen LogP contribution in [0.25, 0.3) is 0 Å². The summed E-state index contributed by atoms with van der Waals surface area (Å²) in [4.78, 5) is 2.55. The van der Waals surface area contributed by atoms with Crippen molar-refractivity contribution in [3.05, 3.63) is 0 Å². The molecule has 2 rings (SSSR count). The highest BCUT2D eigenvalue weighted by molar-refractivity contribution is 4.87. The van der Waals surface area contributed by atoms with Crippen molar-refractivity contribution in [2.75, 3.05) is 13.1 Å². The molecule has 1 heterocycles. The molecule has 0 aromatic carbocycles. The van der Waals surface area contributed by atoms with Crippen LogP contribution in [-0.4, -0.2) is 35.2 Å². The van der Waals surface area contributed by atoms with Gasteiger partial charge in [0, 0.05) is 12.6 Å². The van der Waals surface area contributed by atoms with Crippen LogP contribution in [0.15, 0.2) is 0 Å². The van der Waals surface area contributed by atoms with Gasteiger partial charge in [0.2, 0.25) is 0 Å². The summed E-state index contributed by atoms with van der Waals surface area (Å²) in [6, 6.07) is 0.466. The van der Waals surface area contributed by atoms with E-state index in [-0.39, 0.29) is 6.10 Å². The van der Waals surface area contributed by atoms with Gasteiger partial charge in [-0.1, -0.05) is 26.7 Å². The zero-order valence-electron chi connectivity index (χ0n) is 10.2. The maximum atomic E-state index is 10.0. The Morgan fingerprint density at radius 3 is 2.40 bits per heavy atom. The molecule has 0 aromatic heterocycles. The second-order valence-corrected chi connectivity index (χ2v) is 5.66. The molecule has 2 nitrogen and oxygen atoms in total. The molecule has 88 valence electrons. The summed E-state index contributed by atoms with van der Waals surface area (Å²) in [6.07, 6.45) is 6.01. The van der Waals surface area contributed by atoms with Crippen LogP contribution in [0.2, 0.25) is 0 Å². The standard InChI is InChI=1S/C13H25NO/c1-10-7-8-14(9-11(10)2)12-5-3-4-6-13(12)15/h10-13,15H,3-9H2,1-2H3. The Balaban J connectivity index is 1.92. The van der Waals surface area contributed by atoms with Crippen molar-refractivity contribution < 1.29 is 5.11 Å². The fourth-order valence-corrected chi connectivity index (χ4v) is 3.11. The van der Waals surface area contributed by atoms with Gasteiger partial charge in [-0.3, -0.25) is 4.90 Å². The second kappa shape index (κ2) is 4.84. The van der Waals surface area contributed by atoms with Crippen LogP contribution in [0.3, 0.4) is 0 Å². The maximum Gasteiger partial charge on any atom is 0.0695 e. The fourth-order valence-electron chi connectivity index (χ4n) is 3.11. The molecule has 4 unspecified atom stereocenters. The number of hydrogen-bond donors (Lipinski definition) is 1. The molecule has 2 fully saturated rings. The number of nitrogens with zero attached hydrogens (tertiary/aromatic N) is 1. The fraction of sp³-hybridized carbons (Fsp3) is 1.00. The van der Waals surface area contributed by atoms with Crippen LogP contribution in [-0.2, 0) is 0 Å². The van der Waals surface area contributed by atoms with E-state index in [9.17, 15) is 5.11 Å². The third-order valence-electron chi connectivity index (χ3n) is 4.53. The molecule has 1 N–H and O–H groups in total. The molecule has 4 atom stereocenters. The zero-order valence-corrected chi connectivity index (χ0v) is 10.2. The highest BCUT2D eigenvalue weighted by atomic mass is 16.3. The monoisotopic (exact) mass is 211 g/mol. The van der Waals surface area contributed by atoms with E-state index in [1.54, 1.807) is 0 Å². The van der Waals surface area contributed by atoms with E-state index in [0.717, 1.165) is 18.3 Å². The Morgan fingerprint density at radius 1 is 1.00 bits per heavy atom. The molecule has 1 aliphatic heterocycles. The molecule has 0 spiro atoms. The van der Waals surface area contributed by atoms with E-state index in [0.29, 0.717) is 6.04 Å². The highest BCUT2D eigenvalue weighted by Gasteiger charge is 2.32. The Labute approximate surface area is 93.7 Å². The lowest BCUT2D eigenvalue weighted by atomic mass is 9.84. The van der Waals surface area contributed by atoms with Crippen LogP contribution in [0.1, 0.15) is 46.0 Å². The van der Waals surface area contributed by atoms with Crippen LogP contribution >= 0.6 is 0 Å². The average molecular weight is 211 g/mol. The lowest BCUT2D eigenvalue weighted by Gasteiger charge is -2.43. The van der Waals surface area contributed by atoms with Crippen molar-refractivity contribution in [2.24, 2.45) is 11.8 Å². The molecule has 1 saturated carbocycles. The van der Waals surface area contributed by atoms with Gasteiger partial charge >= 0.3 is 0 Å². The minimum Gasteiger partial charge on any atom is -0.391 e. The first-order valence-electron chi connectivity index (χ1n) is 6.60.